The number of para-hydroxylation sites is 1. The van der Waals surface area contributed by atoms with Gasteiger partial charge in [-0.1, -0.05) is 60.7 Å². The standard InChI is InChI=1S/C23H23N/c1-17-13-14-21(15-19(17)3)23(16-20-10-5-4-6-11-20)24-22-12-8-7-9-18(22)2/h4-15H,16H2,1-3H3. The zero-order valence-corrected chi connectivity index (χ0v) is 14.6. The Bertz CT molecular complexity index is 860. The first kappa shape index (κ1) is 16.2. The molecule has 0 bridgehead atoms. The minimum Gasteiger partial charge on any atom is -0.252 e. The molecular weight excluding hydrogens is 290 g/mol. The van der Waals surface area contributed by atoms with Crippen LogP contribution in [0.25, 0.3) is 0 Å². The van der Waals surface area contributed by atoms with Crippen LogP contribution in [0.5, 0.6) is 0 Å². The third-order valence-corrected chi connectivity index (χ3v) is 4.43. The van der Waals surface area contributed by atoms with Gasteiger partial charge >= 0.3 is 0 Å². The van der Waals surface area contributed by atoms with Gasteiger partial charge in [-0.15, -0.1) is 0 Å². The molecule has 0 spiro atoms. The van der Waals surface area contributed by atoms with Gasteiger partial charge in [0.1, 0.15) is 0 Å². The van der Waals surface area contributed by atoms with Crippen molar-refractivity contribution in [3.8, 4) is 0 Å². The summed E-state index contributed by atoms with van der Waals surface area (Å²) in [6.07, 6.45) is 0.831. The van der Waals surface area contributed by atoms with Crippen molar-refractivity contribution in [3.63, 3.8) is 0 Å². The highest BCUT2D eigenvalue weighted by Gasteiger charge is 2.08. The molecule has 3 aromatic rings. The maximum absolute atomic E-state index is 5.01. The van der Waals surface area contributed by atoms with Crippen LogP contribution >= 0.6 is 0 Å². The molecule has 0 saturated carbocycles. The first-order valence-electron chi connectivity index (χ1n) is 8.38. The van der Waals surface area contributed by atoms with Crippen LogP contribution in [-0.4, -0.2) is 5.71 Å². The minimum absolute atomic E-state index is 0.831. The van der Waals surface area contributed by atoms with Gasteiger partial charge in [-0.25, -0.2) is 0 Å². The Labute approximate surface area is 144 Å². The van der Waals surface area contributed by atoms with Gasteiger partial charge in [-0.05, 0) is 60.7 Å². The van der Waals surface area contributed by atoms with Crippen LogP contribution in [0.4, 0.5) is 5.69 Å². The number of aryl methyl sites for hydroxylation is 3. The van der Waals surface area contributed by atoms with Crippen molar-refractivity contribution in [2.45, 2.75) is 27.2 Å². The highest BCUT2D eigenvalue weighted by atomic mass is 14.8. The molecule has 0 radical (unpaired) electrons. The molecule has 0 unspecified atom stereocenters. The highest BCUT2D eigenvalue weighted by molar-refractivity contribution is 6.03. The molecule has 0 amide bonds. The molecular formula is C23H23N. The minimum atomic E-state index is 0.831. The van der Waals surface area contributed by atoms with E-state index >= 15 is 0 Å². The van der Waals surface area contributed by atoms with Gasteiger partial charge in [-0.2, -0.15) is 0 Å². The van der Waals surface area contributed by atoms with Gasteiger partial charge in [0.05, 0.1) is 11.4 Å². The van der Waals surface area contributed by atoms with Crippen molar-refractivity contribution in [1.82, 2.24) is 0 Å². The van der Waals surface area contributed by atoms with Gasteiger partial charge in [0.25, 0.3) is 0 Å². The van der Waals surface area contributed by atoms with Crippen LogP contribution < -0.4 is 0 Å². The molecule has 24 heavy (non-hydrogen) atoms. The Hall–Kier alpha value is -2.67. The molecule has 0 aliphatic carbocycles. The summed E-state index contributed by atoms with van der Waals surface area (Å²) in [6.45, 7) is 6.42. The Balaban J connectivity index is 2.06. The number of aliphatic imine (C=N–C) groups is 1. The second-order valence-corrected chi connectivity index (χ2v) is 6.31. The van der Waals surface area contributed by atoms with Gasteiger partial charge in [0.2, 0.25) is 0 Å². The van der Waals surface area contributed by atoms with Crippen LogP contribution in [0.2, 0.25) is 0 Å². The summed E-state index contributed by atoms with van der Waals surface area (Å²) < 4.78 is 0. The van der Waals surface area contributed by atoms with E-state index in [1.165, 1.54) is 27.8 Å². The van der Waals surface area contributed by atoms with E-state index in [-0.39, 0.29) is 0 Å². The lowest BCUT2D eigenvalue weighted by Gasteiger charge is -2.11. The Morgan fingerprint density at radius 3 is 2.12 bits per heavy atom. The monoisotopic (exact) mass is 313 g/mol. The van der Waals surface area contributed by atoms with Crippen LogP contribution in [0.15, 0.2) is 77.8 Å². The molecule has 3 aromatic carbocycles. The second kappa shape index (κ2) is 7.27. The molecule has 120 valence electrons. The predicted molar refractivity (Wildman–Crippen MR) is 103 cm³/mol. The number of hydrogen-bond donors (Lipinski definition) is 0. The lowest BCUT2D eigenvalue weighted by molar-refractivity contribution is 1.27. The summed E-state index contributed by atoms with van der Waals surface area (Å²) in [5, 5.41) is 0. The molecule has 3 rings (SSSR count). The fourth-order valence-electron chi connectivity index (χ4n) is 2.75. The Morgan fingerprint density at radius 2 is 1.42 bits per heavy atom. The maximum atomic E-state index is 5.01. The average Bonchev–Trinajstić information content (AvgIpc) is 2.59. The molecule has 0 aliphatic rings. The first-order chi connectivity index (χ1) is 11.6. The normalized spacial score (nSPS) is 11.5. The summed E-state index contributed by atoms with van der Waals surface area (Å²) in [5.41, 5.74) is 8.45. The molecule has 0 aromatic heterocycles. The second-order valence-electron chi connectivity index (χ2n) is 6.31. The fraction of sp³-hybridized carbons (Fsp3) is 0.174. The van der Waals surface area contributed by atoms with E-state index in [1.54, 1.807) is 0 Å². The van der Waals surface area contributed by atoms with E-state index in [4.69, 9.17) is 4.99 Å². The van der Waals surface area contributed by atoms with Gasteiger partial charge in [0.15, 0.2) is 0 Å². The lowest BCUT2D eigenvalue weighted by Crippen LogP contribution is -2.06. The SMILES string of the molecule is Cc1ccc(C(Cc2ccccc2)=Nc2ccccc2C)cc1C. The number of nitrogens with zero attached hydrogens (tertiary/aromatic N) is 1. The van der Waals surface area contributed by atoms with E-state index in [1.807, 2.05) is 6.07 Å². The van der Waals surface area contributed by atoms with Gasteiger partial charge in [0, 0.05) is 6.42 Å². The zero-order chi connectivity index (χ0) is 16.9. The summed E-state index contributed by atoms with van der Waals surface area (Å²) >= 11 is 0. The van der Waals surface area contributed by atoms with Gasteiger partial charge < -0.3 is 0 Å². The molecule has 0 fully saturated rings. The van der Waals surface area contributed by atoms with E-state index in [2.05, 4.69) is 87.5 Å². The van der Waals surface area contributed by atoms with Gasteiger partial charge in [-0.3, -0.25) is 4.99 Å². The summed E-state index contributed by atoms with van der Waals surface area (Å²) in [7, 11) is 0. The molecule has 0 N–H and O–H groups in total. The van der Waals surface area contributed by atoms with Crippen LogP contribution in [0.1, 0.15) is 27.8 Å². The number of hydrogen-bond acceptors (Lipinski definition) is 1. The van der Waals surface area contributed by atoms with E-state index in [0.717, 1.165) is 17.8 Å². The summed E-state index contributed by atoms with van der Waals surface area (Å²) in [5.74, 6) is 0. The van der Waals surface area contributed by atoms with E-state index < -0.39 is 0 Å². The molecule has 0 aliphatic heterocycles. The summed E-state index contributed by atoms with van der Waals surface area (Å²) in [6, 6.07) is 25.5. The van der Waals surface area contributed by atoms with Crippen molar-refractivity contribution in [3.05, 3.63) is 101 Å². The third kappa shape index (κ3) is 3.80. The third-order valence-electron chi connectivity index (χ3n) is 4.43. The Morgan fingerprint density at radius 1 is 0.708 bits per heavy atom. The van der Waals surface area contributed by atoms with E-state index in [9.17, 15) is 0 Å². The first-order valence-corrected chi connectivity index (χ1v) is 8.38. The number of benzene rings is 3. The van der Waals surface area contributed by atoms with Crippen molar-refractivity contribution in [2.24, 2.45) is 4.99 Å². The van der Waals surface area contributed by atoms with Crippen molar-refractivity contribution < 1.29 is 0 Å². The maximum Gasteiger partial charge on any atom is 0.0662 e. The smallest absolute Gasteiger partial charge is 0.0662 e. The van der Waals surface area contributed by atoms with Crippen LogP contribution in [0.3, 0.4) is 0 Å². The molecule has 0 heterocycles. The van der Waals surface area contributed by atoms with Crippen LogP contribution in [0, 0.1) is 20.8 Å². The predicted octanol–water partition coefficient (Wildman–Crippen LogP) is 5.98. The molecule has 0 atom stereocenters. The molecule has 0 saturated heterocycles. The molecule has 1 nitrogen and oxygen atoms in total. The van der Waals surface area contributed by atoms with Crippen molar-refractivity contribution >= 4 is 11.4 Å². The topological polar surface area (TPSA) is 12.4 Å². The lowest BCUT2D eigenvalue weighted by atomic mass is 9.98. The largest absolute Gasteiger partial charge is 0.252 e. The molecule has 1 heteroatoms. The average molecular weight is 313 g/mol. The van der Waals surface area contributed by atoms with Crippen LogP contribution in [-0.2, 0) is 6.42 Å². The van der Waals surface area contributed by atoms with Crippen molar-refractivity contribution in [2.75, 3.05) is 0 Å². The van der Waals surface area contributed by atoms with Crippen molar-refractivity contribution in [1.29, 1.82) is 0 Å². The summed E-state index contributed by atoms with van der Waals surface area (Å²) in [4.78, 5) is 5.01. The van der Waals surface area contributed by atoms with E-state index in [0.29, 0.717) is 0 Å². The zero-order valence-electron chi connectivity index (χ0n) is 14.6. The fourth-order valence-corrected chi connectivity index (χ4v) is 2.75. The highest BCUT2D eigenvalue weighted by Crippen LogP contribution is 2.21. The number of rotatable bonds is 4. The quantitative estimate of drug-likeness (QED) is 0.526. The Kier molecular flexibility index (Phi) is 4.90.